The van der Waals surface area contributed by atoms with E-state index in [1.54, 1.807) is 16.8 Å². The average molecular weight is 368 g/mol. The van der Waals surface area contributed by atoms with Crippen molar-refractivity contribution in [3.05, 3.63) is 46.7 Å². The van der Waals surface area contributed by atoms with Gasteiger partial charge in [-0.15, -0.1) is 11.3 Å². The van der Waals surface area contributed by atoms with Crippen LogP contribution >= 0.6 is 11.3 Å². The van der Waals surface area contributed by atoms with Crippen LogP contribution in [0.4, 0.5) is 0 Å². The first-order chi connectivity index (χ1) is 12.6. The largest absolute Gasteiger partial charge is 0.458 e. The first-order valence-electron chi connectivity index (χ1n) is 8.70. The topological polar surface area (TPSA) is 68.2 Å². The lowest BCUT2D eigenvalue weighted by Gasteiger charge is -2.32. The van der Waals surface area contributed by atoms with Gasteiger partial charge in [-0.25, -0.2) is 15.0 Å². The molecule has 6 nitrogen and oxygen atoms in total. The Hall–Kier alpha value is -2.54. The quantitative estimate of drug-likeness (QED) is 0.709. The highest BCUT2D eigenvalue weighted by Gasteiger charge is 2.26. The van der Waals surface area contributed by atoms with Crippen LogP contribution < -0.4 is 4.74 Å². The Morgan fingerprint density at radius 3 is 2.85 bits per heavy atom. The second-order valence-corrected chi connectivity index (χ2v) is 7.49. The van der Waals surface area contributed by atoms with Gasteiger partial charge in [0.2, 0.25) is 0 Å². The van der Waals surface area contributed by atoms with E-state index in [0.717, 1.165) is 41.0 Å². The monoisotopic (exact) mass is 368 g/mol. The minimum atomic E-state index is -0.0824. The third-order valence-electron chi connectivity index (χ3n) is 4.48. The van der Waals surface area contributed by atoms with E-state index >= 15 is 0 Å². The summed E-state index contributed by atoms with van der Waals surface area (Å²) in [6, 6.07) is 7.99. The van der Waals surface area contributed by atoms with Crippen molar-refractivity contribution >= 4 is 27.5 Å². The second-order valence-electron chi connectivity index (χ2n) is 6.60. The van der Waals surface area contributed by atoms with Gasteiger partial charge in [-0.3, -0.25) is 4.79 Å². The zero-order chi connectivity index (χ0) is 18.1. The Kier molecular flexibility index (Phi) is 4.55. The molecule has 4 rings (SSSR count). The molecule has 1 amide bonds. The number of rotatable bonds is 3. The maximum atomic E-state index is 12.9. The molecular formula is C19H20N4O2S. The van der Waals surface area contributed by atoms with Crippen LogP contribution in [0, 0.1) is 13.8 Å². The van der Waals surface area contributed by atoms with Gasteiger partial charge in [0, 0.05) is 23.5 Å². The summed E-state index contributed by atoms with van der Waals surface area (Å²) < 4.78 is 7.00. The fraction of sp³-hybridized carbons (Fsp3) is 0.368. The van der Waals surface area contributed by atoms with Crippen molar-refractivity contribution < 1.29 is 9.53 Å². The molecule has 1 fully saturated rings. The van der Waals surface area contributed by atoms with Crippen LogP contribution in [0.3, 0.4) is 0 Å². The van der Waals surface area contributed by atoms with Crippen molar-refractivity contribution in [1.29, 1.82) is 0 Å². The first kappa shape index (κ1) is 16.9. The number of fused-ring (bicyclic) bond motifs is 1. The van der Waals surface area contributed by atoms with Crippen LogP contribution in [0.5, 0.6) is 6.01 Å². The van der Waals surface area contributed by atoms with Crippen LogP contribution in [0.25, 0.3) is 10.2 Å². The van der Waals surface area contributed by atoms with Crippen molar-refractivity contribution in [2.45, 2.75) is 32.8 Å². The molecule has 1 aromatic carbocycles. The molecule has 26 heavy (non-hydrogen) atoms. The Morgan fingerprint density at radius 2 is 2.04 bits per heavy atom. The average Bonchev–Trinajstić information content (AvgIpc) is 3.08. The van der Waals surface area contributed by atoms with Crippen molar-refractivity contribution in [3.8, 4) is 6.01 Å². The van der Waals surface area contributed by atoms with Gasteiger partial charge in [-0.2, -0.15) is 0 Å². The van der Waals surface area contributed by atoms with Gasteiger partial charge >= 0.3 is 6.01 Å². The summed E-state index contributed by atoms with van der Waals surface area (Å²) in [6.07, 6.45) is 1.72. The Balaban J connectivity index is 1.47. The number of amides is 1. The van der Waals surface area contributed by atoms with Gasteiger partial charge < -0.3 is 9.64 Å². The second kappa shape index (κ2) is 6.99. The molecule has 1 atom stereocenters. The smallest absolute Gasteiger partial charge is 0.317 e. The molecule has 0 saturated carbocycles. The van der Waals surface area contributed by atoms with Crippen LogP contribution in [0.2, 0.25) is 0 Å². The predicted octanol–water partition coefficient (Wildman–Crippen LogP) is 3.39. The molecule has 1 saturated heterocycles. The van der Waals surface area contributed by atoms with Gasteiger partial charge in [-0.1, -0.05) is 0 Å². The summed E-state index contributed by atoms with van der Waals surface area (Å²) in [7, 11) is 0. The number of hydrogen-bond acceptors (Lipinski definition) is 6. The van der Waals surface area contributed by atoms with Crippen molar-refractivity contribution in [2.24, 2.45) is 0 Å². The molecule has 7 heteroatoms. The van der Waals surface area contributed by atoms with E-state index in [2.05, 4.69) is 15.0 Å². The number of aromatic nitrogens is 3. The number of piperidine rings is 1. The van der Waals surface area contributed by atoms with Crippen LogP contribution in [-0.4, -0.2) is 45.0 Å². The Labute approximate surface area is 155 Å². The number of carbonyl (C=O) groups excluding carboxylic acids is 1. The fourth-order valence-corrected chi connectivity index (χ4v) is 4.00. The van der Waals surface area contributed by atoms with Gasteiger partial charge in [0.25, 0.3) is 5.91 Å². The van der Waals surface area contributed by atoms with Crippen molar-refractivity contribution in [3.63, 3.8) is 0 Å². The molecule has 3 aromatic rings. The summed E-state index contributed by atoms with van der Waals surface area (Å²) in [5, 5.41) is 0. The zero-order valence-electron chi connectivity index (χ0n) is 14.8. The first-order valence-corrected chi connectivity index (χ1v) is 9.58. The highest BCUT2D eigenvalue weighted by molar-refractivity contribution is 7.16. The highest BCUT2D eigenvalue weighted by atomic mass is 32.1. The summed E-state index contributed by atoms with van der Waals surface area (Å²) in [6.45, 7) is 5.14. The number of hydrogen-bond donors (Lipinski definition) is 0. The normalized spacial score (nSPS) is 17.5. The SMILES string of the molecule is Cc1cc(C)nc(O[C@H]2CCCN(C(=O)c3ccc4ncsc4c3)C2)n1. The minimum absolute atomic E-state index is 0.0370. The summed E-state index contributed by atoms with van der Waals surface area (Å²) in [4.78, 5) is 27.7. The molecule has 0 N–H and O–H groups in total. The third-order valence-corrected chi connectivity index (χ3v) is 5.27. The van der Waals surface area contributed by atoms with Gasteiger partial charge in [0.05, 0.1) is 22.3 Å². The molecule has 1 aliphatic heterocycles. The third kappa shape index (κ3) is 3.53. The van der Waals surface area contributed by atoms with E-state index in [0.29, 0.717) is 18.1 Å². The van der Waals surface area contributed by atoms with Crippen LogP contribution in [0.1, 0.15) is 34.6 Å². The summed E-state index contributed by atoms with van der Waals surface area (Å²) >= 11 is 1.55. The van der Waals surface area contributed by atoms with Gasteiger partial charge in [0.1, 0.15) is 6.10 Å². The minimum Gasteiger partial charge on any atom is -0.458 e. The van der Waals surface area contributed by atoms with E-state index in [1.807, 2.05) is 43.0 Å². The van der Waals surface area contributed by atoms with Gasteiger partial charge in [0.15, 0.2) is 0 Å². The van der Waals surface area contributed by atoms with Crippen molar-refractivity contribution in [2.75, 3.05) is 13.1 Å². The number of aryl methyl sites for hydroxylation is 2. The van der Waals surface area contributed by atoms with Crippen molar-refractivity contribution in [1.82, 2.24) is 19.9 Å². The number of nitrogens with zero attached hydrogens (tertiary/aromatic N) is 4. The maximum absolute atomic E-state index is 12.9. The van der Waals surface area contributed by atoms with E-state index < -0.39 is 0 Å². The lowest BCUT2D eigenvalue weighted by Crippen LogP contribution is -2.44. The Bertz CT molecular complexity index is 935. The molecule has 0 aliphatic carbocycles. The molecule has 0 unspecified atom stereocenters. The molecule has 3 heterocycles. The van der Waals surface area contributed by atoms with E-state index in [-0.39, 0.29) is 12.0 Å². The maximum Gasteiger partial charge on any atom is 0.317 e. The fourth-order valence-electron chi connectivity index (χ4n) is 3.28. The van der Waals surface area contributed by atoms with E-state index in [1.165, 1.54) is 0 Å². The summed E-state index contributed by atoms with van der Waals surface area (Å²) in [5.41, 5.74) is 5.19. The molecule has 1 aliphatic rings. The molecule has 134 valence electrons. The Morgan fingerprint density at radius 1 is 1.23 bits per heavy atom. The molecular weight excluding hydrogens is 348 g/mol. The standard InChI is InChI=1S/C19H20N4O2S/c1-12-8-13(2)22-19(21-12)25-15-4-3-7-23(10-15)18(24)14-5-6-16-17(9-14)26-11-20-16/h5-6,8-9,11,15H,3-4,7,10H2,1-2H3/t15-/m0/s1. The summed E-state index contributed by atoms with van der Waals surface area (Å²) in [5.74, 6) is 0.0370. The number of likely N-dealkylation sites (tertiary alicyclic amines) is 1. The number of thiazole rings is 1. The molecule has 0 bridgehead atoms. The van der Waals surface area contributed by atoms with Gasteiger partial charge in [-0.05, 0) is 51.0 Å². The number of benzene rings is 1. The van der Waals surface area contributed by atoms with Crippen LogP contribution in [0.15, 0.2) is 29.8 Å². The predicted molar refractivity (Wildman–Crippen MR) is 101 cm³/mol. The van der Waals surface area contributed by atoms with E-state index in [9.17, 15) is 4.79 Å². The highest BCUT2D eigenvalue weighted by Crippen LogP contribution is 2.22. The van der Waals surface area contributed by atoms with E-state index in [4.69, 9.17) is 4.74 Å². The lowest BCUT2D eigenvalue weighted by atomic mass is 10.1. The molecule has 0 radical (unpaired) electrons. The molecule has 2 aromatic heterocycles. The zero-order valence-corrected chi connectivity index (χ0v) is 15.6. The lowest BCUT2D eigenvalue weighted by molar-refractivity contribution is 0.0515. The number of carbonyl (C=O) groups is 1. The van der Waals surface area contributed by atoms with Crippen LogP contribution in [-0.2, 0) is 0 Å². The number of ether oxygens (including phenoxy) is 1. The molecule has 0 spiro atoms.